The topological polar surface area (TPSA) is 78.9 Å². The molecule has 0 radical (unpaired) electrons. The average molecular weight is 350 g/mol. The van der Waals surface area contributed by atoms with Gasteiger partial charge in [-0.1, -0.05) is 0 Å². The standard InChI is InChI=1S/C19H26O6/c1-18-9-7-15(21)17(14(18)5-6-16(18)22)23-12-13(20)4-3-8-19(2)24-10-11-25-19/h3-12H2,1-2H3/t18-/m0/s1. The smallest absolute Gasteiger partial charge is 0.197 e. The maximum atomic E-state index is 12.2. The molecule has 3 aliphatic rings. The van der Waals surface area contributed by atoms with Crippen LogP contribution >= 0.6 is 0 Å². The number of allylic oxidation sites excluding steroid dienone is 2. The highest BCUT2D eigenvalue weighted by molar-refractivity contribution is 6.01. The van der Waals surface area contributed by atoms with E-state index in [1.807, 2.05) is 13.8 Å². The Labute approximate surface area is 147 Å². The third kappa shape index (κ3) is 3.70. The van der Waals surface area contributed by atoms with Crippen LogP contribution in [0.2, 0.25) is 0 Å². The average Bonchev–Trinajstić information content (AvgIpc) is 3.12. The minimum absolute atomic E-state index is 0.0564. The van der Waals surface area contributed by atoms with Gasteiger partial charge in [-0.05, 0) is 38.7 Å². The van der Waals surface area contributed by atoms with Crippen molar-refractivity contribution in [2.75, 3.05) is 19.8 Å². The maximum Gasteiger partial charge on any atom is 0.197 e. The molecule has 1 aliphatic heterocycles. The van der Waals surface area contributed by atoms with E-state index in [-0.39, 0.29) is 29.7 Å². The normalized spacial score (nSPS) is 28.4. The Balaban J connectivity index is 1.52. The molecule has 25 heavy (non-hydrogen) atoms. The summed E-state index contributed by atoms with van der Waals surface area (Å²) in [5.41, 5.74) is 0.222. The van der Waals surface area contributed by atoms with Gasteiger partial charge in [0.25, 0.3) is 0 Å². The largest absolute Gasteiger partial charge is 0.482 e. The molecule has 1 atom stereocenters. The van der Waals surface area contributed by atoms with Crippen molar-refractivity contribution in [1.82, 2.24) is 0 Å². The Morgan fingerprint density at radius 3 is 2.56 bits per heavy atom. The van der Waals surface area contributed by atoms with Gasteiger partial charge in [-0.25, -0.2) is 0 Å². The van der Waals surface area contributed by atoms with E-state index in [1.54, 1.807) is 0 Å². The second-order valence-corrected chi connectivity index (χ2v) is 7.50. The van der Waals surface area contributed by atoms with Gasteiger partial charge in [0.1, 0.15) is 12.4 Å². The predicted molar refractivity (Wildman–Crippen MR) is 88.7 cm³/mol. The first kappa shape index (κ1) is 18.3. The third-order valence-corrected chi connectivity index (χ3v) is 5.63. The van der Waals surface area contributed by atoms with Gasteiger partial charge >= 0.3 is 0 Å². The molecule has 0 spiro atoms. The van der Waals surface area contributed by atoms with Crippen molar-refractivity contribution >= 4 is 17.3 Å². The van der Waals surface area contributed by atoms with Crippen LogP contribution in [0.15, 0.2) is 11.3 Å². The lowest BCUT2D eigenvalue weighted by Crippen LogP contribution is -2.32. The zero-order valence-corrected chi connectivity index (χ0v) is 15.0. The van der Waals surface area contributed by atoms with E-state index in [1.165, 1.54) is 0 Å². The summed E-state index contributed by atoms with van der Waals surface area (Å²) in [5.74, 6) is -0.291. The lowest BCUT2D eigenvalue weighted by atomic mass is 9.74. The highest BCUT2D eigenvalue weighted by Gasteiger charge is 2.47. The van der Waals surface area contributed by atoms with E-state index in [0.717, 1.165) is 5.57 Å². The molecular formula is C19H26O6. The van der Waals surface area contributed by atoms with Gasteiger partial charge in [-0.3, -0.25) is 14.4 Å². The summed E-state index contributed by atoms with van der Waals surface area (Å²) in [6.45, 7) is 4.82. The lowest BCUT2D eigenvalue weighted by molar-refractivity contribution is -0.148. The van der Waals surface area contributed by atoms with Gasteiger partial charge in [-0.15, -0.1) is 0 Å². The lowest BCUT2D eigenvalue weighted by Gasteiger charge is -2.30. The van der Waals surface area contributed by atoms with Crippen molar-refractivity contribution in [3.05, 3.63) is 11.3 Å². The van der Waals surface area contributed by atoms with Crippen molar-refractivity contribution < 1.29 is 28.6 Å². The second kappa shape index (κ2) is 7.00. The summed E-state index contributed by atoms with van der Waals surface area (Å²) in [6.07, 6.45) is 3.54. The van der Waals surface area contributed by atoms with Crippen molar-refractivity contribution in [3.8, 4) is 0 Å². The monoisotopic (exact) mass is 350 g/mol. The summed E-state index contributed by atoms with van der Waals surface area (Å²) in [4.78, 5) is 36.4. The predicted octanol–water partition coefficient (Wildman–Crippen LogP) is 2.49. The number of ketones is 3. The summed E-state index contributed by atoms with van der Waals surface area (Å²) in [7, 11) is 0. The van der Waals surface area contributed by atoms with Crippen LogP contribution < -0.4 is 0 Å². The van der Waals surface area contributed by atoms with Gasteiger partial charge in [0, 0.05) is 25.7 Å². The fraction of sp³-hybridized carbons (Fsp3) is 0.737. The van der Waals surface area contributed by atoms with Crippen molar-refractivity contribution in [2.45, 2.75) is 64.6 Å². The van der Waals surface area contributed by atoms with Gasteiger partial charge in [-0.2, -0.15) is 0 Å². The molecule has 0 bridgehead atoms. The van der Waals surface area contributed by atoms with Gasteiger partial charge in [0.2, 0.25) is 0 Å². The summed E-state index contributed by atoms with van der Waals surface area (Å²) in [5, 5.41) is 0. The summed E-state index contributed by atoms with van der Waals surface area (Å²) in [6, 6.07) is 0. The van der Waals surface area contributed by atoms with Gasteiger partial charge < -0.3 is 14.2 Å². The molecule has 6 heteroatoms. The minimum Gasteiger partial charge on any atom is -0.482 e. The Bertz CT molecular complexity index is 613. The fourth-order valence-corrected chi connectivity index (χ4v) is 3.96. The highest BCUT2D eigenvalue weighted by atomic mass is 16.7. The van der Waals surface area contributed by atoms with E-state index in [4.69, 9.17) is 14.2 Å². The molecule has 0 N–H and O–H groups in total. The first-order valence-corrected chi connectivity index (χ1v) is 9.07. The van der Waals surface area contributed by atoms with Crippen molar-refractivity contribution in [3.63, 3.8) is 0 Å². The number of hydrogen-bond donors (Lipinski definition) is 0. The summed E-state index contributed by atoms with van der Waals surface area (Å²) >= 11 is 0. The zero-order valence-electron chi connectivity index (χ0n) is 15.0. The molecule has 138 valence electrons. The Hall–Kier alpha value is -1.53. The first-order chi connectivity index (χ1) is 11.8. The van der Waals surface area contributed by atoms with Crippen molar-refractivity contribution in [2.24, 2.45) is 5.41 Å². The van der Waals surface area contributed by atoms with Crippen LogP contribution in [0.3, 0.4) is 0 Å². The number of carbonyl (C=O) groups is 3. The number of ether oxygens (including phenoxy) is 3. The van der Waals surface area contributed by atoms with Crippen LogP contribution in [-0.2, 0) is 28.6 Å². The molecule has 6 nitrogen and oxygen atoms in total. The Morgan fingerprint density at radius 1 is 1.12 bits per heavy atom. The molecular weight excluding hydrogens is 324 g/mol. The summed E-state index contributed by atoms with van der Waals surface area (Å²) < 4.78 is 16.6. The number of fused-ring (bicyclic) bond motifs is 1. The van der Waals surface area contributed by atoms with E-state index in [2.05, 4.69) is 0 Å². The number of rotatable bonds is 7. The van der Waals surface area contributed by atoms with Gasteiger partial charge in [0.15, 0.2) is 23.1 Å². The molecule has 2 fully saturated rings. The van der Waals surface area contributed by atoms with Crippen LogP contribution in [0.25, 0.3) is 0 Å². The SMILES string of the molecule is CC1(CCCC(=O)COC2=C3CCC(=O)[C@@]3(C)CCC2=O)OCCO1. The number of carbonyl (C=O) groups excluding carboxylic acids is 3. The van der Waals surface area contributed by atoms with Crippen molar-refractivity contribution in [1.29, 1.82) is 0 Å². The molecule has 1 saturated carbocycles. The van der Waals surface area contributed by atoms with Gasteiger partial charge in [0.05, 0.1) is 18.6 Å². The van der Waals surface area contributed by atoms with E-state index in [0.29, 0.717) is 58.2 Å². The van der Waals surface area contributed by atoms with Crippen LogP contribution in [0.1, 0.15) is 58.8 Å². The molecule has 2 aliphatic carbocycles. The quantitative estimate of drug-likeness (QED) is 0.702. The Morgan fingerprint density at radius 2 is 1.84 bits per heavy atom. The van der Waals surface area contributed by atoms with Crippen LogP contribution in [0.5, 0.6) is 0 Å². The number of hydrogen-bond acceptors (Lipinski definition) is 6. The van der Waals surface area contributed by atoms with E-state index in [9.17, 15) is 14.4 Å². The molecule has 1 heterocycles. The Kier molecular flexibility index (Phi) is 5.11. The molecule has 0 aromatic rings. The molecule has 1 saturated heterocycles. The fourth-order valence-electron chi connectivity index (χ4n) is 3.96. The van der Waals surface area contributed by atoms with Crippen LogP contribution in [-0.4, -0.2) is 43.0 Å². The molecule has 0 aromatic carbocycles. The third-order valence-electron chi connectivity index (χ3n) is 5.63. The van der Waals surface area contributed by atoms with Crippen LogP contribution in [0, 0.1) is 5.41 Å². The van der Waals surface area contributed by atoms with E-state index >= 15 is 0 Å². The molecule has 0 amide bonds. The molecule has 0 unspecified atom stereocenters. The minimum atomic E-state index is -0.586. The first-order valence-electron chi connectivity index (χ1n) is 9.07. The maximum absolute atomic E-state index is 12.2. The van der Waals surface area contributed by atoms with Crippen LogP contribution in [0.4, 0.5) is 0 Å². The molecule has 0 aromatic heterocycles. The molecule has 3 rings (SSSR count). The second-order valence-electron chi connectivity index (χ2n) is 7.50. The number of Topliss-reactive ketones (excluding diaryl/α,β-unsaturated/α-hetero) is 3. The van der Waals surface area contributed by atoms with E-state index < -0.39 is 11.2 Å². The zero-order chi connectivity index (χ0) is 18.1. The highest BCUT2D eigenvalue weighted by Crippen LogP contribution is 2.48.